The van der Waals surface area contributed by atoms with Gasteiger partial charge in [0.05, 0.1) is 24.8 Å². The monoisotopic (exact) mass is 316 g/mol. The predicted molar refractivity (Wildman–Crippen MR) is 82.4 cm³/mol. The molecule has 3 heterocycles. The zero-order valence-electron chi connectivity index (χ0n) is 13.5. The zero-order valence-corrected chi connectivity index (χ0v) is 13.5. The Morgan fingerprint density at radius 1 is 1.35 bits per heavy atom. The second kappa shape index (κ2) is 5.86. The largest absolute Gasteiger partial charge is 0.345 e. The van der Waals surface area contributed by atoms with Crippen molar-refractivity contribution in [2.24, 2.45) is 14.1 Å². The maximum atomic E-state index is 12.2. The van der Waals surface area contributed by atoms with Crippen LogP contribution in [0.3, 0.4) is 0 Å². The standard InChI is InChI=1S/C15H20N6O2/c1-10(22)21-5-4-13-11(8-21)12(18-20(13)3)6-17-15(23)14-7-16-9-19(14)2/h7,9H,4-6,8H2,1-3H3,(H,17,23). The lowest BCUT2D eigenvalue weighted by Gasteiger charge is -2.26. The molecule has 2 aromatic rings. The molecule has 0 unspecified atom stereocenters. The van der Waals surface area contributed by atoms with E-state index >= 15 is 0 Å². The van der Waals surface area contributed by atoms with Crippen LogP contribution in [-0.4, -0.2) is 42.6 Å². The van der Waals surface area contributed by atoms with Crippen molar-refractivity contribution in [1.82, 2.24) is 29.5 Å². The highest BCUT2D eigenvalue weighted by Crippen LogP contribution is 2.22. The molecule has 8 nitrogen and oxygen atoms in total. The summed E-state index contributed by atoms with van der Waals surface area (Å²) in [5.74, 6) is -0.131. The van der Waals surface area contributed by atoms with Gasteiger partial charge in [-0.3, -0.25) is 14.3 Å². The number of nitrogens with zero attached hydrogens (tertiary/aromatic N) is 5. The Morgan fingerprint density at radius 2 is 2.13 bits per heavy atom. The van der Waals surface area contributed by atoms with Crippen LogP contribution < -0.4 is 5.32 Å². The number of rotatable bonds is 3. The molecule has 0 aromatic carbocycles. The molecule has 0 atom stereocenters. The molecule has 2 aromatic heterocycles. The van der Waals surface area contributed by atoms with Gasteiger partial charge < -0.3 is 14.8 Å². The van der Waals surface area contributed by atoms with Gasteiger partial charge in [0.15, 0.2) is 0 Å². The van der Waals surface area contributed by atoms with Crippen molar-refractivity contribution in [3.8, 4) is 0 Å². The van der Waals surface area contributed by atoms with Crippen molar-refractivity contribution in [3.63, 3.8) is 0 Å². The molecule has 122 valence electrons. The van der Waals surface area contributed by atoms with Gasteiger partial charge in [-0.15, -0.1) is 0 Å². The van der Waals surface area contributed by atoms with E-state index in [1.807, 2.05) is 11.7 Å². The number of fused-ring (bicyclic) bond motifs is 1. The molecule has 3 rings (SSSR count). The van der Waals surface area contributed by atoms with Crippen molar-refractivity contribution in [1.29, 1.82) is 0 Å². The number of amides is 2. The van der Waals surface area contributed by atoms with Gasteiger partial charge in [0, 0.05) is 51.8 Å². The Balaban J connectivity index is 1.76. The molecule has 2 amide bonds. The van der Waals surface area contributed by atoms with E-state index in [4.69, 9.17) is 0 Å². The Hall–Kier alpha value is -2.64. The molecule has 0 spiro atoms. The Kier molecular flexibility index (Phi) is 3.89. The lowest BCUT2D eigenvalue weighted by Crippen LogP contribution is -2.35. The number of hydrogen-bond acceptors (Lipinski definition) is 4. The first kappa shape index (κ1) is 15.3. The van der Waals surface area contributed by atoms with Gasteiger partial charge in [-0.2, -0.15) is 5.10 Å². The van der Waals surface area contributed by atoms with E-state index in [9.17, 15) is 9.59 Å². The fourth-order valence-corrected chi connectivity index (χ4v) is 2.91. The van der Waals surface area contributed by atoms with E-state index in [2.05, 4.69) is 15.4 Å². The van der Waals surface area contributed by atoms with Crippen LogP contribution in [0, 0.1) is 0 Å². The van der Waals surface area contributed by atoms with Gasteiger partial charge in [0.2, 0.25) is 5.91 Å². The Bertz CT molecular complexity index is 760. The third-order valence-corrected chi connectivity index (χ3v) is 4.24. The molecule has 0 bridgehead atoms. The van der Waals surface area contributed by atoms with Gasteiger partial charge in [-0.25, -0.2) is 4.98 Å². The van der Waals surface area contributed by atoms with E-state index < -0.39 is 0 Å². The maximum absolute atomic E-state index is 12.2. The summed E-state index contributed by atoms with van der Waals surface area (Å²) in [5.41, 5.74) is 3.48. The fourth-order valence-electron chi connectivity index (χ4n) is 2.91. The average Bonchev–Trinajstić information content (AvgIpc) is 3.08. The van der Waals surface area contributed by atoms with Gasteiger partial charge in [0.1, 0.15) is 5.69 Å². The van der Waals surface area contributed by atoms with Crippen LogP contribution >= 0.6 is 0 Å². The molecular formula is C15H20N6O2. The normalized spacial score (nSPS) is 13.8. The van der Waals surface area contributed by atoms with Crippen molar-refractivity contribution in [3.05, 3.63) is 35.2 Å². The van der Waals surface area contributed by atoms with Gasteiger partial charge in [-0.05, 0) is 0 Å². The Labute approximate surface area is 134 Å². The number of carbonyl (C=O) groups is 2. The third kappa shape index (κ3) is 2.84. The molecule has 8 heteroatoms. The summed E-state index contributed by atoms with van der Waals surface area (Å²) in [6, 6.07) is 0. The van der Waals surface area contributed by atoms with E-state index in [0.717, 1.165) is 23.4 Å². The van der Waals surface area contributed by atoms with Crippen LogP contribution in [0.1, 0.15) is 34.4 Å². The first-order valence-electron chi connectivity index (χ1n) is 7.51. The molecule has 0 saturated carbocycles. The summed E-state index contributed by atoms with van der Waals surface area (Å²) in [6.45, 7) is 3.17. The quantitative estimate of drug-likeness (QED) is 0.863. The molecule has 23 heavy (non-hydrogen) atoms. The minimum absolute atomic E-state index is 0.0596. The van der Waals surface area contributed by atoms with Gasteiger partial charge in [-0.1, -0.05) is 0 Å². The van der Waals surface area contributed by atoms with E-state index in [1.54, 1.807) is 29.8 Å². The molecular weight excluding hydrogens is 296 g/mol. The molecule has 0 saturated heterocycles. The van der Waals surface area contributed by atoms with Crippen LogP contribution in [0.5, 0.6) is 0 Å². The average molecular weight is 316 g/mol. The molecule has 0 fully saturated rings. The second-order valence-electron chi connectivity index (χ2n) is 5.76. The summed E-state index contributed by atoms with van der Waals surface area (Å²) in [7, 11) is 3.67. The van der Waals surface area contributed by atoms with E-state index in [-0.39, 0.29) is 11.8 Å². The number of imidazole rings is 1. The lowest BCUT2D eigenvalue weighted by atomic mass is 10.0. The number of nitrogens with one attached hydrogen (secondary N) is 1. The topological polar surface area (TPSA) is 85.1 Å². The minimum atomic E-state index is -0.191. The minimum Gasteiger partial charge on any atom is -0.345 e. The summed E-state index contributed by atoms with van der Waals surface area (Å²) in [6.07, 6.45) is 3.90. The number of hydrogen-bond donors (Lipinski definition) is 1. The van der Waals surface area contributed by atoms with Crippen LogP contribution in [0.2, 0.25) is 0 Å². The first-order valence-corrected chi connectivity index (χ1v) is 7.51. The van der Waals surface area contributed by atoms with Crippen LogP contribution in [0.15, 0.2) is 12.5 Å². The maximum Gasteiger partial charge on any atom is 0.269 e. The fraction of sp³-hybridized carbons (Fsp3) is 0.467. The highest BCUT2D eigenvalue weighted by molar-refractivity contribution is 5.92. The molecule has 0 aliphatic carbocycles. The summed E-state index contributed by atoms with van der Waals surface area (Å²) < 4.78 is 3.51. The van der Waals surface area contributed by atoms with E-state index in [1.165, 1.54) is 6.20 Å². The first-order chi connectivity index (χ1) is 11.0. The number of carbonyl (C=O) groups excluding carboxylic acids is 2. The molecule has 1 N–H and O–H groups in total. The van der Waals surface area contributed by atoms with Crippen molar-refractivity contribution in [2.45, 2.75) is 26.4 Å². The van der Waals surface area contributed by atoms with Crippen LogP contribution in [0.4, 0.5) is 0 Å². The molecule has 0 radical (unpaired) electrons. The van der Waals surface area contributed by atoms with Gasteiger partial charge >= 0.3 is 0 Å². The van der Waals surface area contributed by atoms with Crippen LogP contribution in [-0.2, 0) is 38.4 Å². The van der Waals surface area contributed by atoms with Crippen molar-refractivity contribution < 1.29 is 9.59 Å². The van der Waals surface area contributed by atoms with Gasteiger partial charge in [0.25, 0.3) is 5.91 Å². The second-order valence-corrected chi connectivity index (χ2v) is 5.76. The zero-order chi connectivity index (χ0) is 16.6. The SMILES string of the molecule is CC(=O)N1CCc2c(c(CNC(=O)c3cncn3C)nn2C)C1. The highest BCUT2D eigenvalue weighted by Gasteiger charge is 2.25. The van der Waals surface area contributed by atoms with Crippen molar-refractivity contribution in [2.75, 3.05) is 6.54 Å². The number of aromatic nitrogens is 4. The smallest absolute Gasteiger partial charge is 0.269 e. The predicted octanol–water partition coefficient (Wildman–Crippen LogP) is -0.0118. The summed E-state index contributed by atoms with van der Waals surface area (Å²) >= 11 is 0. The summed E-state index contributed by atoms with van der Waals surface area (Å²) in [4.78, 5) is 29.5. The highest BCUT2D eigenvalue weighted by atomic mass is 16.2. The molecule has 1 aliphatic heterocycles. The molecule has 1 aliphatic rings. The van der Waals surface area contributed by atoms with Crippen LogP contribution in [0.25, 0.3) is 0 Å². The van der Waals surface area contributed by atoms with E-state index in [0.29, 0.717) is 25.3 Å². The lowest BCUT2D eigenvalue weighted by molar-refractivity contribution is -0.129. The Morgan fingerprint density at radius 3 is 2.78 bits per heavy atom. The number of aryl methyl sites for hydroxylation is 2. The van der Waals surface area contributed by atoms with Crippen molar-refractivity contribution >= 4 is 11.8 Å². The summed E-state index contributed by atoms with van der Waals surface area (Å²) in [5, 5.41) is 7.37. The third-order valence-electron chi connectivity index (χ3n) is 4.24.